The van der Waals surface area contributed by atoms with Gasteiger partial charge in [0.1, 0.15) is 6.61 Å². The molecule has 7 heteroatoms. The fraction of sp³-hybridized carbons (Fsp3) is 0.688. The smallest absolute Gasteiger partial charge is 0.257 e. The third-order valence-electron chi connectivity index (χ3n) is 4.17. The number of ether oxygens (including phenoxy) is 1. The summed E-state index contributed by atoms with van der Waals surface area (Å²) < 4.78 is 6.77. The summed E-state index contributed by atoms with van der Waals surface area (Å²) in [7, 11) is 1.52. The fourth-order valence-corrected chi connectivity index (χ4v) is 2.85. The Bertz CT molecular complexity index is 556. The van der Waals surface area contributed by atoms with Gasteiger partial charge in [0.25, 0.3) is 5.91 Å². The Morgan fingerprint density at radius 2 is 1.91 bits per heavy atom. The summed E-state index contributed by atoms with van der Waals surface area (Å²) in [5, 5.41) is 4.30. The van der Waals surface area contributed by atoms with E-state index < -0.39 is 0 Å². The molecule has 0 radical (unpaired) electrons. The molecule has 0 aromatic carbocycles. The van der Waals surface area contributed by atoms with E-state index in [4.69, 9.17) is 4.74 Å². The molecule has 1 fully saturated rings. The van der Waals surface area contributed by atoms with Crippen molar-refractivity contribution in [2.75, 3.05) is 39.9 Å². The normalized spacial score (nSPS) is 15.6. The summed E-state index contributed by atoms with van der Waals surface area (Å²) in [6.07, 6.45) is 3.42. The van der Waals surface area contributed by atoms with Crippen LogP contribution < -0.4 is 0 Å². The highest BCUT2D eigenvalue weighted by Crippen LogP contribution is 2.13. The SMILES string of the molecule is CCCn1ncc(C(=O)N2CCCN(C(=O)COC)CC2)c1C. The summed E-state index contributed by atoms with van der Waals surface area (Å²) in [5.74, 6) is -0.0142. The van der Waals surface area contributed by atoms with Gasteiger partial charge in [-0.15, -0.1) is 0 Å². The molecule has 23 heavy (non-hydrogen) atoms. The summed E-state index contributed by atoms with van der Waals surface area (Å²) in [5.41, 5.74) is 1.57. The van der Waals surface area contributed by atoms with Crippen LogP contribution in [0.25, 0.3) is 0 Å². The number of aromatic nitrogens is 2. The van der Waals surface area contributed by atoms with E-state index in [-0.39, 0.29) is 18.4 Å². The topological polar surface area (TPSA) is 67.7 Å². The number of aryl methyl sites for hydroxylation is 1. The van der Waals surface area contributed by atoms with E-state index in [0.717, 1.165) is 25.1 Å². The van der Waals surface area contributed by atoms with Crippen LogP contribution in [0, 0.1) is 6.92 Å². The molecule has 128 valence electrons. The van der Waals surface area contributed by atoms with Gasteiger partial charge < -0.3 is 14.5 Å². The highest BCUT2D eigenvalue weighted by Gasteiger charge is 2.24. The molecule has 0 atom stereocenters. The van der Waals surface area contributed by atoms with Crippen molar-refractivity contribution in [2.24, 2.45) is 0 Å². The molecule has 1 aliphatic heterocycles. The highest BCUT2D eigenvalue weighted by molar-refractivity contribution is 5.95. The van der Waals surface area contributed by atoms with Crippen molar-refractivity contribution in [3.8, 4) is 0 Å². The van der Waals surface area contributed by atoms with Crippen LogP contribution in [0.3, 0.4) is 0 Å². The molecule has 1 saturated heterocycles. The van der Waals surface area contributed by atoms with E-state index in [1.165, 1.54) is 7.11 Å². The first-order chi connectivity index (χ1) is 11.1. The van der Waals surface area contributed by atoms with E-state index in [1.807, 2.05) is 16.5 Å². The van der Waals surface area contributed by atoms with Crippen LogP contribution in [0.5, 0.6) is 0 Å². The minimum Gasteiger partial charge on any atom is -0.375 e. The lowest BCUT2D eigenvalue weighted by molar-refractivity contribution is -0.135. The van der Waals surface area contributed by atoms with Gasteiger partial charge in [0.05, 0.1) is 11.8 Å². The first-order valence-corrected chi connectivity index (χ1v) is 8.16. The summed E-state index contributed by atoms with van der Waals surface area (Å²) in [6.45, 7) is 7.36. The Morgan fingerprint density at radius 1 is 1.22 bits per heavy atom. The quantitative estimate of drug-likeness (QED) is 0.808. The lowest BCUT2D eigenvalue weighted by Crippen LogP contribution is -2.38. The Kier molecular flexibility index (Phi) is 6.15. The van der Waals surface area contributed by atoms with Crippen LogP contribution in [0.4, 0.5) is 0 Å². The van der Waals surface area contributed by atoms with Crippen molar-refractivity contribution in [3.63, 3.8) is 0 Å². The van der Waals surface area contributed by atoms with Crippen LogP contribution in [0.2, 0.25) is 0 Å². The van der Waals surface area contributed by atoms with E-state index in [2.05, 4.69) is 12.0 Å². The number of nitrogens with zero attached hydrogens (tertiary/aromatic N) is 4. The molecule has 1 aromatic heterocycles. The maximum absolute atomic E-state index is 12.7. The van der Waals surface area contributed by atoms with E-state index in [0.29, 0.717) is 31.7 Å². The number of methoxy groups -OCH3 is 1. The van der Waals surface area contributed by atoms with Crippen molar-refractivity contribution < 1.29 is 14.3 Å². The molecule has 0 aliphatic carbocycles. The maximum atomic E-state index is 12.7. The van der Waals surface area contributed by atoms with Gasteiger partial charge in [0, 0.05) is 45.5 Å². The number of hydrogen-bond acceptors (Lipinski definition) is 4. The molecule has 1 aromatic rings. The molecule has 1 aliphatic rings. The zero-order valence-corrected chi connectivity index (χ0v) is 14.2. The Morgan fingerprint density at radius 3 is 2.61 bits per heavy atom. The van der Waals surface area contributed by atoms with Gasteiger partial charge >= 0.3 is 0 Å². The molecule has 0 saturated carbocycles. The van der Waals surface area contributed by atoms with Crippen molar-refractivity contribution in [2.45, 2.75) is 33.2 Å². The number of carbonyl (C=O) groups excluding carboxylic acids is 2. The second kappa shape index (κ2) is 8.10. The van der Waals surface area contributed by atoms with Crippen molar-refractivity contribution in [3.05, 3.63) is 17.5 Å². The van der Waals surface area contributed by atoms with Gasteiger partial charge in [-0.3, -0.25) is 14.3 Å². The standard InChI is InChI=1S/C16H26N4O3/c1-4-6-20-13(2)14(11-17-20)16(22)19-8-5-7-18(9-10-19)15(21)12-23-3/h11H,4-10,12H2,1-3H3. The first kappa shape index (κ1) is 17.5. The predicted molar refractivity (Wildman–Crippen MR) is 86.2 cm³/mol. The van der Waals surface area contributed by atoms with Crippen molar-refractivity contribution >= 4 is 11.8 Å². The number of carbonyl (C=O) groups is 2. The van der Waals surface area contributed by atoms with Gasteiger partial charge in [-0.2, -0.15) is 5.10 Å². The summed E-state index contributed by atoms with van der Waals surface area (Å²) in [6, 6.07) is 0. The van der Waals surface area contributed by atoms with Gasteiger partial charge in [-0.05, 0) is 19.8 Å². The minimum absolute atomic E-state index is 0.00546. The number of rotatable bonds is 5. The van der Waals surface area contributed by atoms with E-state index >= 15 is 0 Å². The van der Waals surface area contributed by atoms with Crippen molar-refractivity contribution in [1.29, 1.82) is 0 Å². The second-order valence-corrected chi connectivity index (χ2v) is 5.83. The predicted octanol–water partition coefficient (Wildman–Crippen LogP) is 0.922. The zero-order chi connectivity index (χ0) is 16.8. The lowest BCUT2D eigenvalue weighted by atomic mass is 10.2. The minimum atomic E-state index is -0.0197. The monoisotopic (exact) mass is 322 g/mol. The van der Waals surface area contributed by atoms with Crippen LogP contribution in [0.1, 0.15) is 35.8 Å². The molecule has 7 nitrogen and oxygen atoms in total. The van der Waals surface area contributed by atoms with Crippen LogP contribution >= 0.6 is 0 Å². The molecule has 2 rings (SSSR count). The molecule has 0 spiro atoms. The Balaban J connectivity index is 2.02. The van der Waals surface area contributed by atoms with Crippen LogP contribution in [-0.4, -0.2) is 71.3 Å². The summed E-state index contributed by atoms with van der Waals surface area (Å²) >= 11 is 0. The van der Waals surface area contributed by atoms with Gasteiger partial charge in [0.15, 0.2) is 0 Å². The molecular weight excluding hydrogens is 296 g/mol. The maximum Gasteiger partial charge on any atom is 0.257 e. The summed E-state index contributed by atoms with van der Waals surface area (Å²) in [4.78, 5) is 28.2. The fourth-order valence-electron chi connectivity index (χ4n) is 2.85. The van der Waals surface area contributed by atoms with Crippen LogP contribution in [0.15, 0.2) is 6.20 Å². The first-order valence-electron chi connectivity index (χ1n) is 8.16. The number of amides is 2. The van der Waals surface area contributed by atoms with E-state index in [1.54, 1.807) is 11.1 Å². The number of hydrogen-bond donors (Lipinski definition) is 0. The lowest BCUT2D eigenvalue weighted by Gasteiger charge is -2.22. The molecule has 0 bridgehead atoms. The third-order valence-corrected chi connectivity index (χ3v) is 4.17. The molecule has 0 unspecified atom stereocenters. The third kappa shape index (κ3) is 4.10. The Labute approximate surface area is 137 Å². The molecule has 2 heterocycles. The molecular formula is C16H26N4O3. The average Bonchev–Trinajstić information content (AvgIpc) is 2.76. The Hall–Kier alpha value is -1.89. The molecule has 2 amide bonds. The second-order valence-electron chi connectivity index (χ2n) is 5.83. The van der Waals surface area contributed by atoms with Gasteiger partial charge in [0.2, 0.25) is 5.91 Å². The van der Waals surface area contributed by atoms with Gasteiger partial charge in [-0.25, -0.2) is 0 Å². The zero-order valence-electron chi connectivity index (χ0n) is 14.2. The van der Waals surface area contributed by atoms with E-state index in [9.17, 15) is 9.59 Å². The highest BCUT2D eigenvalue weighted by atomic mass is 16.5. The average molecular weight is 322 g/mol. The van der Waals surface area contributed by atoms with Crippen molar-refractivity contribution in [1.82, 2.24) is 19.6 Å². The van der Waals surface area contributed by atoms with Crippen LogP contribution in [-0.2, 0) is 16.1 Å². The van der Waals surface area contributed by atoms with Gasteiger partial charge in [-0.1, -0.05) is 6.92 Å². The molecule has 0 N–H and O–H groups in total. The largest absolute Gasteiger partial charge is 0.375 e.